The number of unbranched alkanes of at least 4 members (excludes halogenated alkanes) is 23. The number of carboxylic acid groups (broad SMARTS) is 1. The maximum absolute atomic E-state index is 12.6. The van der Waals surface area contributed by atoms with Crippen molar-refractivity contribution < 1.29 is 19.4 Å². The Morgan fingerprint density at radius 3 is 1.36 bits per heavy atom. The van der Waals surface area contributed by atoms with E-state index >= 15 is 0 Å². The molecule has 0 aliphatic heterocycles. The topological polar surface area (TPSA) is 63.6 Å². The zero-order valence-corrected chi connectivity index (χ0v) is 28.3. The number of ether oxygens (including phenoxy) is 1. The van der Waals surface area contributed by atoms with Crippen LogP contribution >= 0.6 is 0 Å². The third kappa shape index (κ3) is 33.2. The van der Waals surface area contributed by atoms with Gasteiger partial charge in [0.25, 0.3) is 0 Å². The van der Waals surface area contributed by atoms with Crippen molar-refractivity contribution in [3.8, 4) is 0 Å². The predicted molar refractivity (Wildman–Crippen MR) is 181 cm³/mol. The van der Waals surface area contributed by atoms with E-state index in [1.807, 2.05) is 0 Å². The molecule has 1 unspecified atom stereocenters. The van der Waals surface area contributed by atoms with Gasteiger partial charge in [-0.2, -0.15) is 0 Å². The molecule has 0 spiro atoms. The summed E-state index contributed by atoms with van der Waals surface area (Å²) >= 11 is 0. The number of hydrogen-bond donors (Lipinski definition) is 1. The normalized spacial score (nSPS) is 12.2. The van der Waals surface area contributed by atoms with Crippen LogP contribution in [0.4, 0.5) is 0 Å². The van der Waals surface area contributed by atoms with E-state index in [-0.39, 0.29) is 18.5 Å². The van der Waals surface area contributed by atoms with Crippen molar-refractivity contribution in [3.63, 3.8) is 0 Å². The van der Waals surface area contributed by atoms with Crippen molar-refractivity contribution in [1.82, 2.24) is 0 Å². The number of hydrogen-bond acceptors (Lipinski definition) is 3. The van der Waals surface area contributed by atoms with E-state index in [9.17, 15) is 9.59 Å². The molecule has 4 nitrogen and oxygen atoms in total. The smallest absolute Gasteiger partial charge is 0.306 e. The van der Waals surface area contributed by atoms with Crippen molar-refractivity contribution in [1.29, 1.82) is 0 Å². The summed E-state index contributed by atoms with van der Waals surface area (Å²) in [4.78, 5) is 23.3. The van der Waals surface area contributed by atoms with Crippen molar-refractivity contribution in [2.24, 2.45) is 0 Å². The lowest BCUT2D eigenvalue weighted by atomic mass is 10.0. The summed E-state index contributed by atoms with van der Waals surface area (Å²) in [6.45, 7) is 4.52. The first-order valence-electron chi connectivity index (χ1n) is 18.7. The third-order valence-corrected chi connectivity index (χ3v) is 8.49. The minimum absolute atomic E-state index is 0.00462. The predicted octanol–water partition coefficient (Wildman–Crippen LogP) is 12.7. The molecule has 0 saturated carbocycles. The molecule has 0 bridgehead atoms. The van der Waals surface area contributed by atoms with Crippen LogP contribution in [0.15, 0.2) is 12.2 Å². The van der Waals surface area contributed by atoms with E-state index in [4.69, 9.17) is 9.84 Å². The van der Waals surface area contributed by atoms with Gasteiger partial charge in [-0.05, 0) is 57.8 Å². The number of allylic oxidation sites excluding steroid dienone is 2. The number of carboxylic acids is 1. The molecule has 1 N–H and O–H groups in total. The summed E-state index contributed by atoms with van der Waals surface area (Å²) in [7, 11) is 0. The highest BCUT2D eigenvalue weighted by Crippen LogP contribution is 2.19. The van der Waals surface area contributed by atoms with Gasteiger partial charge in [0, 0.05) is 12.8 Å². The Morgan fingerprint density at radius 1 is 0.500 bits per heavy atom. The highest BCUT2D eigenvalue weighted by atomic mass is 16.5. The monoisotopic (exact) mass is 593 g/mol. The molecule has 0 radical (unpaired) electrons. The molecule has 248 valence electrons. The SMILES string of the molecule is CCCC/C=C\CCCCCCCC(=O)OC(CCCCCCCCCCCCCCC)CCCCCCCC(=O)O. The van der Waals surface area contributed by atoms with Crippen LogP contribution in [0.5, 0.6) is 0 Å². The molecule has 0 amide bonds. The number of carbonyl (C=O) groups excluding carboxylic acids is 1. The fraction of sp³-hybridized carbons (Fsp3) is 0.895. The molecular weight excluding hydrogens is 520 g/mol. The minimum Gasteiger partial charge on any atom is -0.481 e. The first-order valence-corrected chi connectivity index (χ1v) is 18.7. The van der Waals surface area contributed by atoms with Crippen molar-refractivity contribution >= 4 is 11.9 Å². The third-order valence-electron chi connectivity index (χ3n) is 8.49. The molecule has 0 heterocycles. The lowest BCUT2D eigenvalue weighted by Crippen LogP contribution is -2.18. The van der Waals surface area contributed by atoms with Gasteiger partial charge in [0.05, 0.1) is 0 Å². The molecule has 0 aromatic rings. The molecule has 0 aliphatic carbocycles. The summed E-state index contributed by atoms with van der Waals surface area (Å²) in [6.07, 6.45) is 40.8. The Hall–Kier alpha value is -1.32. The first-order chi connectivity index (χ1) is 20.6. The van der Waals surface area contributed by atoms with Gasteiger partial charge in [-0.3, -0.25) is 9.59 Å². The highest BCUT2D eigenvalue weighted by Gasteiger charge is 2.14. The molecule has 0 aliphatic rings. The van der Waals surface area contributed by atoms with Gasteiger partial charge >= 0.3 is 11.9 Å². The molecule has 0 rings (SSSR count). The van der Waals surface area contributed by atoms with Crippen LogP contribution in [-0.4, -0.2) is 23.1 Å². The quantitative estimate of drug-likeness (QED) is 0.0458. The fourth-order valence-corrected chi connectivity index (χ4v) is 5.69. The van der Waals surface area contributed by atoms with E-state index < -0.39 is 5.97 Å². The number of carbonyl (C=O) groups is 2. The van der Waals surface area contributed by atoms with Crippen LogP contribution in [0.3, 0.4) is 0 Å². The van der Waals surface area contributed by atoms with E-state index in [1.54, 1.807) is 0 Å². The van der Waals surface area contributed by atoms with E-state index in [1.165, 1.54) is 122 Å². The Balaban J connectivity index is 4.05. The summed E-state index contributed by atoms with van der Waals surface area (Å²) in [5.74, 6) is -0.704. The highest BCUT2D eigenvalue weighted by molar-refractivity contribution is 5.69. The van der Waals surface area contributed by atoms with E-state index in [2.05, 4.69) is 26.0 Å². The maximum Gasteiger partial charge on any atom is 0.306 e. The molecule has 42 heavy (non-hydrogen) atoms. The van der Waals surface area contributed by atoms with Gasteiger partial charge in [0.15, 0.2) is 0 Å². The maximum atomic E-state index is 12.6. The average Bonchev–Trinajstić information content (AvgIpc) is 2.97. The van der Waals surface area contributed by atoms with Crippen molar-refractivity contribution in [2.75, 3.05) is 0 Å². The van der Waals surface area contributed by atoms with Crippen LogP contribution in [0, 0.1) is 0 Å². The fourth-order valence-electron chi connectivity index (χ4n) is 5.69. The van der Waals surface area contributed by atoms with E-state index in [0.29, 0.717) is 6.42 Å². The van der Waals surface area contributed by atoms with Gasteiger partial charge in [-0.15, -0.1) is 0 Å². The minimum atomic E-state index is -0.699. The van der Waals surface area contributed by atoms with Crippen molar-refractivity contribution in [3.05, 3.63) is 12.2 Å². The van der Waals surface area contributed by atoms with Crippen LogP contribution in [0.2, 0.25) is 0 Å². The van der Waals surface area contributed by atoms with Gasteiger partial charge in [0.1, 0.15) is 6.10 Å². The Morgan fingerprint density at radius 2 is 0.881 bits per heavy atom. The lowest BCUT2D eigenvalue weighted by molar-refractivity contribution is -0.150. The molecule has 1 atom stereocenters. The van der Waals surface area contributed by atoms with Crippen LogP contribution < -0.4 is 0 Å². The van der Waals surface area contributed by atoms with Crippen LogP contribution in [0.25, 0.3) is 0 Å². The zero-order valence-electron chi connectivity index (χ0n) is 28.3. The zero-order chi connectivity index (χ0) is 30.8. The molecule has 4 heteroatoms. The number of aliphatic carboxylic acids is 1. The Labute approximate surface area is 262 Å². The summed E-state index contributed by atoms with van der Waals surface area (Å²) < 4.78 is 5.98. The van der Waals surface area contributed by atoms with Gasteiger partial charge < -0.3 is 9.84 Å². The second-order valence-electron chi connectivity index (χ2n) is 12.8. The molecule has 0 fully saturated rings. The Kier molecular flexibility index (Phi) is 33.1. The second-order valence-corrected chi connectivity index (χ2v) is 12.8. The lowest BCUT2D eigenvalue weighted by Gasteiger charge is -2.18. The summed E-state index contributed by atoms with van der Waals surface area (Å²) in [5.41, 5.74) is 0. The summed E-state index contributed by atoms with van der Waals surface area (Å²) in [6, 6.07) is 0. The van der Waals surface area contributed by atoms with Gasteiger partial charge in [0.2, 0.25) is 0 Å². The molecule has 0 aromatic carbocycles. The average molecular weight is 593 g/mol. The molecular formula is C38H72O4. The largest absolute Gasteiger partial charge is 0.481 e. The standard InChI is InChI=1S/C38H72O4/c1-3-5-7-9-11-13-15-16-18-19-21-24-28-32-36(33-29-25-23-26-30-34-37(39)40)42-38(41)35-31-27-22-20-17-14-12-10-8-6-4-2/h10,12,36H,3-9,11,13-35H2,1-2H3,(H,39,40)/b12-10-. The molecule has 0 aromatic heterocycles. The second kappa shape index (κ2) is 34.2. The van der Waals surface area contributed by atoms with Gasteiger partial charge in [-0.1, -0.05) is 154 Å². The van der Waals surface area contributed by atoms with E-state index in [0.717, 1.165) is 64.2 Å². The van der Waals surface area contributed by atoms with Crippen LogP contribution in [-0.2, 0) is 14.3 Å². The van der Waals surface area contributed by atoms with Crippen molar-refractivity contribution in [2.45, 2.75) is 219 Å². The summed E-state index contributed by atoms with van der Waals surface area (Å²) in [5, 5.41) is 8.80. The number of esters is 1. The Bertz CT molecular complexity index is 600. The number of rotatable bonds is 34. The molecule has 0 saturated heterocycles. The van der Waals surface area contributed by atoms with Crippen LogP contribution in [0.1, 0.15) is 213 Å². The van der Waals surface area contributed by atoms with Gasteiger partial charge in [-0.25, -0.2) is 0 Å². The first kappa shape index (κ1) is 40.7.